The first-order valence-electron chi connectivity index (χ1n) is 6.24. The fourth-order valence-electron chi connectivity index (χ4n) is 1.88. The summed E-state index contributed by atoms with van der Waals surface area (Å²) in [5.41, 5.74) is 0.774. The molecule has 2 rings (SSSR count). The van der Waals surface area contributed by atoms with Gasteiger partial charge in [-0.1, -0.05) is 11.6 Å². The maximum Gasteiger partial charge on any atom is 0.341 e. The molecule has 22 heavy (non-hydrogen) atoms. The lowest BCUT2D eigenvalue weighted by atomic mass is 10.1. The maximum atomic E-state index is 13.3. The number of ether oxygens (including phenoxy) is 1. The van der Waals surface area contributed by atoms with E-state index in [1.54, 1.807) is 6.07 Å². The molecule has 0 aliphatic rings. The molecule has 0 atom stereocenters. The van der Waals surface area contributed by atoms with E-state index >= 15 is 0 Å². The van der Waals surface area contributed by atoms with Crippen molar-refractivity contribution in [2.45, 2.75) is 6.54 Å². The van der Waals surface area contributed by atoms with Crippen molar-refractivity contribution >= 4 is 23.3 Å². The van der Waals surface area contributed by atoms with Crippen molar-refractivity contribution in [2.24, 2.45) is 0 Å². The average molecular weight is 326 g/mol. The monoisotopic (exact) mass is 325 g/mol. The predicted octanol–water partition coefficient (Wildman–Crippen LogP) is 3.29. The van der Waals surface area contributed by atoms with Crippen LogP contribution in [0.4, 0.5) is 10.1 Å². The average Bonchev–Trinajstić information content (AvgIpc) is 2.48. The number of rotatable bonds is 4. The van der Waals surface area contributed by atoms with Gasteiger partial charge < -0.3 is 20.3 Å². The van der Waals surface area contributed by atoms with Crippen LogP contribution in [-0.2, 0) is 11.3 Å². The molecule has 0 saturated carbocycles. The van der Waals surface area contributed by atoms with E-state index in [0.29, 0.717) is 5.69 Å². The second-order valence-corrected chi connectivity index (χ2v) is 4.88. The molecule has 0 aliphatic carbocycles. The topological polar surface area (TPSA) is 78.8 Å². The Bertz CT molecular complexity index is 721. The van der Waals surface area contributed by atoms with Gasteiger partial charge >= 0.3 is 5.97 Å². The number of carbonyl (C=O) groups is 1. The minimum atomic E-state index is -0.654. The van der Waals surface area contributed by atoms with Crippen LogP contribution in [0.3, 0.4) is 0 Å². The van der Waals surface area contributed by atoms with Gasteiger partial charge in [0.05, 0.1) is 12.1 Å². The second-order valence-electron chi connectivity index (χ2n) is 4.47. The number of anilines is 1. The van der Waals surface area contributed by atoms with Crippen LogP contribution >= 0.6 is 11.6 Å². The molecule has 2 aromatic carbocycles. The molecule has 3 N–H and O–H groups in total. The van der Waals surface area contributed by atoms with Gasteiger partial charge in [-0.05, 0) is 24.3 Å². The van der Waals surface area contributed by atoms with Crippen LogP contribution in [0.1, 0.15) is 15.9 Å². The Balaban J connectivity index is 2.16. The fourth-order valence-corrected chi connectivity index (χ4v) is 2.10. The van der Waals surface area contributed by atoms with Crippen LogP contribution in [0.5, 0.6) is 11.5 Å². The first-order valence-corrected chi connectivity index (χ1v) is 6.62. The molecule has 0 bridgehead atoms. The largest absolute Gasteiger partial charge is 0.507 e. The van der Waals surface area contributed by atoms with Gasteiger partial charge in [-0.25, -0.2) is 9.18 Å². The second kappa shape index (κ2) is 6.53. The van der Waals surface area contributed by atoms with Crippen LogP contribution in [0.25, 0.3) is 0 Å². The summed E-state index contributed by atoms with van der Waals surface area (Å²) in [6, 6.07) is 6.42. The first-order chi connectivity index (χ1) is 10.4. The summed E-state index contributed by atoms with van der Waals surface area (Å²) >= 11 is 5.69. The molecule has 0 radical (unpaired) electrons. The van der Waals surface area contributed by atoms with E-state index in [0.717, 1.165) is 12.1 Å². The minimum absolute atomic E-state index is 0.0321. The van der Waals surface area contributed by atoms with E-state index < -0.39 is 11.8 Å². The zero-order chi connectivity index (χ0) is 16.3. The van der Waals surface area contributed by atoms with Gasteiger partial charge in [0.1, 0.15) is 22.9 Å². The number of aromatic hydroxyl groups is 2. The van der Waals surface area contributed by atoms with Crippen LogP contribution in [0, 0.1) is 5.82 Å². The molecule has 2 aromatic rings. The molecule has 0 saturated heterocycles. The van der Waals surface area contributed by atoms with Gasteiger partial charge in [0.15, 0.2) is 0 Å². The molecular formula is C15H13ClFNO4. The van der Waals surface area contributed by atoms with E-state index in [1.165, 1.54) is 19.2 Å². The molecule has 0 aromatic heterocycles. The fraction of sp³-hybridized carbons (Fsp3) is 0.133. The van der Waals surface area contributed by atoms with Gasteiger partial charge in [0, 0.05) is 23.9 Å². The summed E-state index contributed by atoms with van der Waals surface area (Å²) in [6.07, 6.45) is 0. The number of nitrogens with one attached hydrogen (secondary N) is 1. The standard InChI is InChI=1S/C15H13ClFNO4/c1-22-15(21)11-3-2-10(6-13(11)19)18-7-8-4-9(17)5-12(16)14(8)20/h2-6,18-20H,7H2,1H3. The molecule has 0 spiro atoms. The Morgan fingerprint density at radius 1 is 1.32 bits per heavy atom. The molecule has 5 nitrogen and oxygen atoms in total. The maximum absolute atomic E-state index is 13.3. The Labute approximate surface area is 130 Å². The summed E-state index contributed by atoms with van der Waals surface area (Å²) in [7, 11) is 1.21. The predicted molar refractivity (Wildman–Crippen MR) is 79.8 cm³/mol. The van der Waals surface area contributed by atoms with Gasteiger partial charge in [-0.15, -0.1) is 0 Å². The molecule has 7 heteroatoms. The highest BCUT2D eigenvalue weighted by atomic mass is 35.5. The number of esters is 1. The van der Waals surface area contributed by atoms with Crippen LogP contribution < -0.4 is 5.32 Å². The number of halogens is 2. The highest BCUT2D eigenvalue weighted by molar-refractivity contribution is 6.32. The van der Waals surface area contributed by atoms with Crippen LogP contribution in [-0.4, -0.2) is 23.3 Å². The summed E-state index contributed by atoms with van der Waals surface area (Å²) in [4.78, 5) is 11.4. The van der Waals surface area contributed by atoms with Crippen molar-refractivity contribution < 1.29 is 24.1 Å². The van der Waals surface area contributed by atoms with Crippen molar-refractivity contribution in [3.63, 3.8) is 0 Å². The number of phenols is 2. The lowest BCUT2D eigenvalue weighted by Crippen LogP contribution is -2.04. The van der Waals surface area contributed by atoms with E-state index in [4.69, 9.17) is 11.6 Å². The van der Waals surface area contributed by atoms with Gasteiger partial charge in [0.25, 0.3) is 0 Å². The highest BCUT2D eigenvalue weighted by Crippen LogP contribution is 2.30. The minimum Gasteiger partial charge on any atom is -0.507 e. The molecule has 0 fully saturated rings. The normalized spacial score (nSPS) is 10.3. The van der Waals surface area contributed by atoms with Crippen molar-refractivity contribution in [2.75, 3.05) is 12.4 Å². The summed E-state index contributed by atoms with van der Waals surface area (Å²) < 4.78 is 17.8. The third-order valence-corrected chi connectivity index (χ3v) is 3.28. The molecule has 0 aliphatic heterocycles. The van der Waals surface area contributed by atoms with E-state index in [9.17, 15) is 19.4 Å². The van der Waals surface area contributed by atoms with E-state index in [2.05, 4.69) is 10.1 Å². The van der Waals surface area contributed by atoms with Gasteiger partial charge in [-0.2, -0.15) is 0 Å². The summed E-state index contributed by atoms with van der Waals surface area (Å²) in [6.45, 7) is 0.0837. The van der Waals surface area contributed by atoms with Crippen molar-refractivity contribution in [3.05, 3.63) is 52.3 Å². The number of benzene rings is 2. The van der Waals surface area contributed by atoms with E-state index in [-0.39, 0.29) is 34.2 Å². The third-order valence-electron chi connectivity index (χ3n) is 2.99. The molecule has 116 valence electrons. The Kier molecular flexibility index (Phi) is 4.72. The highest BCUT2D eigenvalue weighted by Gasteiger charge is 2.12. The smallest absolute Gasteiger partial charge is 0.341 e. The van der Waals surface area contributed by atoms with Crippen molar-refractivity contribution in [3.8, 4) is 11.5 Å². The molecule has 0 amide bonds. The first kappa shape index (κ1) is 15.9. The van der Waals surface area contributed by atoms with Gasteiger partial charge in [0.2, 0.25) is 0 Å². The summed E-state index contributed by atoms with van der Waals surface area (Å²) in [5, 5.41) is 22.3. The number of carbonyl (C=O) groups excluding carboxylic acids is 1. The quantitative estimate of drug-likeness (QED) is 0.752. The van der Waals surface area contributed by atoms with Crippen molar-refractivity contribution in [1.29, 1.82) is 0 Å². The number of hydrogen-bond donors (Lipinski definition) is 3. The Morgan fingerprint density at radius 3 is 2.68 bits per heavy atom. The lowest BCUT2D eigenvalue weighted by Gasteiger charge is -2.11. The zero-order valence-corrected chi connectivity index (χ0v) is 12.3. The number of phenolic OH excluding ortho intramolecular Hbond substituents is 2. The van der Waals surface area contributed by atoms with Crippen molar-refractivity contribution in [1.82, 2.24) is 0 Å². The summed E-state index contributed by atoms with van der Waals surface area (Å²) in [5.74, 6) is -1.69. The Hall–Kier alpha value is -2.47. The Morgan fingerprint density at radius 2 is 2.05 bits per heavy atom. The molecular weight excluding hydrogens is 313 g/mol. The zero-order valence-electron chi connectivity index (χ0n) is 11.6. The number of hydrogen-bond acceptors (Lipinski definition) is 5. The molecule has 0 heterocycles. The van der Waals surface area contributed by atoms with Gasteiger partial charge in [-0.3, -0.25) is 0 Å². The lowest BCUT2D eigenvalue weighted by molar-refractivity contribution is 0.0597. The third kappa shape index (κ3) is 3.40. The number of methoxy groups -OCH3 is 1. The van der Waals surface area contributed by atoms with E-state index in [1.807, 2.05) is 0 Å². The molecule has 0 unspecified atom stereocenters. The van der Waals surface area contributed by atoms with Crippen LogP contribution in [0.2, 0.25) is 5.02 Å². The van der Waals surface area contributed by atoms with Crippen LogP contribution in [0.15, 0.2) is 30.3 Å². The SMILES string of the molecule is COC(=O)c1ccc(NCc2cc(F)cc(Cl)c2O)cc1O.